The van der Waals surface area contributed by atoms with Crippen LogP contribution in [0.2, 0.25) is 54.4 Å². The molecule has 0 amide bonds. The van der Waals surface area contributed by atoms with Gasteiger partial charge in [0.1, 0.15) is 24.7 Å². The maximum absolute atomic E-state index is 4.01. The number of hydrazine groups is 1. The third-order valence-electron chi connectivity index (χ3n) is 7.96. The zero-order valence-electron chi connectivity index (χ0n) is 22.8. The zero-order valence-corrected chi connectivity index (χ0v) is 25.8. The second-order valence-corrected chi connectivity index (χ2v) is 28.8. The number of hydrogen-bond donors (Lipinski definition) is 3. The van der Waals surface area contributed by atoms with Gasteiger partial charge >= 0.3 is 0 Å². The van der Waals surface area contributed by atoms with Gasteiger partial charge in [-0.1, -0.05) is 102 Å². The summed E-state index contributed by atoms with van der Waals surface area (Å²) in [5.74, 6) is 0. The van der Waals surface area contributed by atoms with Crippen molar-refractivity contribution in [1.82, 2.24) is 20.1 Å². The molecular weight excluding hydrogens is 405 g/mol. The third-order valence-corrected chi connectivity index (χ3v) is 22.4. The van der Waals surface area contributed by atoms with Gasteiger partial charge in [0.05, 0.1) is 0 Å². The summed E-state index contributed by atoms with van der Waals surface area (Å²) in [7, 11) is -4.50. The van der Waals surface area contributed by atoms with Crippen LogP contribution >= 0.6 is 0 Å². The molecule has 4 nitrogen and oxygen atoms in total. The SMILES string of the molecule is CC(C)(C)[Si](C)(C)NCCN(CCN[Si](C)(C)C(C)(C)C)N[Si](C)(C)C(C)(C)C. The Bertz CT molecular complexity index is 466. The van der Waals surface area contributed by atoms with Gasteiger partial charge in [0.15, 0.2) is 0 Å². The van der Waals surface area contributed by atoms with Crippen molar-refractivity contribution >= 4 is 24.7 Å². The fourth-order valence-electron chi connectivity index (χ4n) is 2.32. The second-order valence-electron chi connectivity index (χ2n) is 13.6. The van der Waals surface area contributed by atoms with E-state index in [2.05, 4.69) is 122 Å². The topological polar surface area (TPSA) is 39.3 Å². The molecule has 0 atom stereocenters. The van der Waals surface area contributed by atoms with E-state index in [1.165, 1.54) is 0 Å². The molecule has 176 valence electrons. The molecule has 0 saturated carbocycles. The normalized spacial score (nSPS) is 15.3. The lowest BCUT2D eigenvalue weighted by molar-refractivity contribution is 0.239. The Balaban J connectivity index is 5.09. The molecule has 0 fully saturated rings. The molecule has 3 N–H and O–H groups in total. The van der Waals surface area contributed by atoms with Crippen LogP contribution in [0, 0.1) is 0 Å². The van der Waals surface area contributed by atoms with Crippen LogP contribution in [-0.4, -0.2) is 55.9 Å². The van der Waals surface area contributed by atoms with Crippen molar-refractivity contribution in [3.63, 3.8) is 0 Å². The van der Waals surface area contributed by atoms with Crippen molar-refractivity contribution in [2.75, 3.05) is 26.2 Å². The van der Waals surface area contributed by atoms with E-state index in [1.807, 2.05) is 0 Å². The summed E-state index contributed by atoms with van der Waals surface area (Å²) in [6.07, 6.45) is 0. The molecule has 0 spiro atoms. The molecule has 0 saturated heterocycles. The number of rotatable bonds is 10. The molecule has 0 aromatic rings. The highest BCUT2D eigenvalue weighted by atomic mass is 28.3. The minimum atomic E-state index is -1.59. The van der Waals surface area contributed by atoms with Crippen LogP contribution in [0.1, 0.15) is 62.3 Å². The van der Waals surface area contributed by atoms with Gasteiger partial charge in [-0.2, -0.15) is 0 Å². The Morgan fingerprint density at radius 2 is 0.793 bits per heavy atom. The van der Waals surface area contributed by atoms with E-state index >= 15 is 0 Å². The summed E-state index contributed by atoms with van der Waals surface area (Å²) >= 11 is 0. The van der Waals surface area contributed by atoms with Gasteiger partial charge in [-0.25, -0.2) is 5.01 Å². The van der Waals surface area contributed by atoms with Crippen LogP contribution < -0.4 is 15.1 Å². The first kappa shape index (κ1) is 29.5. The standard InChI is InChI=1S/C22H56N4Si3/c1-20(2,3)27(10,11)23-16-18-26(25-29(14,15)22(7,8)9)19-17-24-28(12,13)21(4,5)6/h23-25H,16-19H2,1-15H3. The Morgan fingerprint density at radius 3 is 1.03 bits per heavy atom. The van der Waals surface area contributed by atoms with E-state index in [0.717, 1.165) is 26.2 Å². The van der Waals surface area contributed by atoms with Gasteiger partial charge in [-0.05, 0) is 15.1 Å². The van der Waals surface area contributed by atoms with Gasteiger partial charge in [0, 0.05) is 26.2 Å². The van der Waals surface area contributed by atoms with E-state index in [-0.39, 0.29) is 0 Å². The maximum atomic E-state index is 4.01. The highest BCUT2D eigenvalue weighted by Crippen LogP contribution is 2.35. The van der Waals surface area contributed by atoms with Crippen LogP contribution in [0.15, 0.2) is 0 Å². The van der Waals surface area contributed by atoms with E-state index in [0.29, 0.717) is 15.1 Å². The minimum Gasteiger partial charge on any atom is -0.336 e. The molecule has 0 aromatic heterocycles. The molecule has 7 heteroatoms. The summed E-state index contributed by atoms with van der Waals surface area (Å²) in [5, 5.41) is 7.58. The summed E-state index contributed by atoms with van der Waals surface area (Å²) in [5.41, 5.74) is 0. The highest BCUT2D eigenvalue weighted by Gasteiger charge is 2.38. The van der Waals surface area contributed by atoms with Crippen LogP contribution in [0.3, 0.4) is 0 Å². The molecule has 0 aliphatic carbocycles. The first-order valence-corrected chi connectivity index (χ1v) is 20.6. The fraction of sp³-hybridized carbons (Fsp3) is 1.00. The maximum Gasteiger partial charge on any atom is 0.141 e. The van der Waals surface area contributed by atoms with Crippen LogP contribution in [-0.2, 0) is 0 Å². The lowest BCUT2D eigenvalue weighted by Gasteiger charge is -2.43. The lowest BCUT2D eigenvalue weighted by atomic mass is 10.2. The van der Waals surface area contributed by atoms with E-state index in [9.17, 15) is 0 Å². The molecular formula is C22H56N4Si3. The summed E-state index contributed by atoms with van der Waals surface area (Å²) < 4.78 is 0. The van der Waals surface area contributed by atoms with Crippen molar-refractivity contribution in [3.8, 4) is 0 Å². The second kappa shape index (κ2) is 9.96. The number of nitrogens with zero attached hydrogens (tertiary/aromatic N) is 1. The first-order chi connectivity index (χ1) is 12.5. The van der Waals surface area contributed by atoms with Crippen molar-refractivity contribution in [1.29, 1.82) is 0 Å². The van der Waals surface area contributed by atoms with Crippen molar-refractivity contribution in [2.24, 2.45) is 0 Å². The van der Waals surface area contributed by atoms with Crippen LogP contribution in [0.25, 0.3) is 0 Å². The smallest absolute Gasteiger partial charge is 0.141 e. The van der Waals surface area contributed by atoms with Crippen LogP contribution in [0.4, 0.5) is 0 Å². The van der Waals surface area contributed by atoms with E-state index in [4.69, 9.17) is 0 Å². The Hall–Kier alpha value is 0.491. The van der Waals surface area contributed by atoms with Gasteiger partial charge in [0.2, 0.25) is 0 Å². The van der Waals surface area contributed by atoms with Gasteiger partial charge < -0.3 is 9.96 Å². The van der Waals surface area contributed by atoms with Gasteiger partial charge in [0.25, 0.3) is 0 Å². The van der Waals surface area contributed by atoms with Crippen molar-refractivity contribution < 1.29 is 0 Å². The summed E-state index contributed by atoms with van der Waals surface area (Å²) in [6, 6.07) is 0. The largest absolute Gasteiger partial charge is 0.336 e. The van der Waals surface area contributed by atoms with E-state index < -0.39 is 24.7 Å². The Morgan fingerprint density at radius 1 is 0.517 bits per heavy atom. The van der Waals surface area contributed by atoms with Crippen molar-refractivity contribution in [2.45, 2.75) is 117 Å². The number of hydrogen-bond acceptors (Lipinski definition) is 4. The first-order valence-electron chi connectivity index (χ1n) is 11.6. The van der Waals surface area contributed by atoms with Gasteiger partial charge in [-0.15, -0.1) is 0 Å². The summed E-state index contributed by atoms with van der Waals surface area (Å²) in [4.78, 5) is 7.89. The van der Waals surface area contributed by atoms with E-state index in [1.54, 1.807) is 0 Å². The molecule has 0 rings (SSSR count). The average molecular weight is 461 g/mol. The Kier molecular flexibility index (Phi) is 10.1. The molecule has 0 unspecified atom stereocenters. The molecule has 0 aliphatic heterocycles. The highest BCUT2D eigenvalue weighted by molar-refractivity contribution is 6.78. The Labute approximate surface area is 187 Å². The molecule has 0 aromatic carbocycles. The minimum absolute atomic E-state index is 0.324. The fourth-order valence-corrected chi connectivity index (χ4v) is 6.21. The lowest BCUT2D eigenvalue weighted by Crippen LogP contribution is -2.63. The molecule has 0 aliphatic rings. The van der Waals surface area contributed by atoms with Crippen molar-refractivity contribution in [3.05, 3.63) is 0 Å². The number of nitrogens with one attached hydrogen (secondary N) is 3. The predicted molar refractivity (Wildman–Crippen MR) is 142 cm³/mol. The molecule has 29 heavy (non-hydrogen) atoms. The average Bonchev–Trinajstić information content (AvgIpc) is 2.42. The molecule has 0 heterocycles. The monoisotopic (exact) mass is 460 g/mol. The quantitative estimate of drug-likeness (QED) is 0.277. The van der Waals surface area contributed by atoms with Crippen LogP contribution in [0.5, 0.6) is 0 Å². The molecule has 0 radical (unpaired) electrons. The molecule has 0 bridgehead atoms. The predicted octanol–water partition coefficient (Wildman–Crippen LogP) is 5.99. The third kappa shape index (κ3) is 9.25. The van der Waals surface area contributed by atoms with Gasteiger partial charge in [-0.3, -0.25) is 5.09 Å². The summed E-state index contributed by atoms with van der Waals surface area (Å²) in [6.45, 7) is 40.4. The zero-order chi connectivity index (χ0) is 23.5.